The Morgan fingerprint density at radius 2 is 1.61 bits per heavy atom. The van der Waals surface area contributed by atoms with E-state index in [2.05, 4.69) is 20.8 Å². The van der Waals surface area contributed by atoms with Gasteiger partial charge in [-0.05, 0) is 67.7 Å². The summed E-state index contributed by atoms with van der Waals surface area (Å²) in [6.45, 7) is 6.37. The Morgan fingerprint density at radius 3 is 2.10 bits per heavy atom. The molecule has 11 heteroatoms. The van der Waals surface area contributed by atoms with Gasteiger partial charge in [0.2, 0.25) is 0 Å². The van der Waals surface area contributed by atoms with Crippen molar-refractivity contribution in [1.82, 2.24) is 0 Å². The summed E-state index contributed by atoms with van der Waals surface area (Å²) in [6.07, 6.45) is -0.0443. The van der Waals surface area contributed by atoms with Crippen molar-refractivity contribution in [2.75, 3.05) is 0 Å². The monoisotopic (exact) mass is 518 g/mol. The smallest absolute Gasteiger partial charge is 0.810 e. The summed E-state index contributed by atoms with van der Waals surface area (Å²) in [5.74, 6) is 1.25. The normalized spacial score (nSPS) is 13.0. The number of benzene rings is 2. The van der Waals surface area contributed by atoms with Crippen LogP contribution in [0.3, 0.4) is 0 Å². The summed E-state index contributed by atoms with van der Waals surface area (Å²) < 4.78 is 48.1. The van der Waals surface area contributed by atoms with Gasteiger partial charge in [-0.3, -0.25) is 4.55 Å². The first-order valence-electron chi connectivity index (χ1n) is 9.12. The number of hydrogen-bond donors (Lipinski definition) is 1. The van der Waals surface area contributed by atoms with Crippen molar-refractivity contribution >= 4 is 17.7 Å². The fourth-order valence-corrected chi connectivity index (χ4v) is 5.14. The second-order valence-corrected chi connectivity index (χ2v) is 11.6. The van der Waals surface area contributed by atoms with E-state index in [4.69, 9.17) is 9.29 Å². The quantitative estimate of drug-likeness (QED) is 0.228. The van der Waals surface area contributed by atoms with Crippen LogP contribution < -0.4 is 117 Å². The molecule has 0 aliphatic carbocycles. The second-order valence-electron chi connectivity index (χ2n) is 7.93. The summed E-state index contributed by atoms with van der Waals surface area (Å²) >= 11 is 0. The molecule has 0 saturated heterocycles. The Morgan fingerprint density at radius 1 is 1.03 bits per heavy atom. The van der Waals surface area contributed by atoms with Gasteiger partial charge in [-0.2, -0.15) is 8.42 Å². The molecular weight excluding hydrogens is 493 g/mol. The van der Waals surface area contributed by atoms with Crippen molar-refractivity contribution in [3.63, 3.8) is 0 Å². The molecule has 1 atom stereocenters. The van der Waals surface area contributed by atoms with E-state index in [1.807, 2.05) is 24.3 Å². The first-order valence-corrected chi connectivity index (χ1v) is 12.2. The summed E-state index contributed by atoms with van der Waals surface area (Å²) in [5, 5.41) is 0. The fourth-order valence-electron chi connectivity index (χ4n) is 2.87. The van der Waals surface area contributed by atoms with Gasteiger partial charge in [0.25, 0.3) is 10.1 Å². The molecule has 0 amide bonds. The van der Waals surface area contributed by atoms with Crippen LogP contribution in [0.4, 0.5) is 0 Å². The molecule has 0 aliphatic heterocycles. The van der Waals surface area contributed by atoms with Gasteiger partial charge in [0, 0.05) is 0 Å². The Labute approximate surface area is 269 Å². The number of hydrogen-bond acceptors (Lipinski definition) is 6. The van der Waals surface area contributed by atoms with Crippen LogP contribution in [0.5, 0.6) is 11.5 Å². The average molecular weight is 519 g/mol. The van der Waals surface area contributed by atoms with Gasteiger partial charge in [0.15, 0.2) is 0 Å². The third kappa shape index (κ3) is 11.2. The third-order valence-corrected chi connectivity index (χ3v) is 7.93. The van der Waals surface area contributed by atoms with Crippen molar-refractivity contribution in [1.29, 1.82) is 0 Å². The van der Waals surface area contributed by atoms with Gasteiger partial charge >= 0.3 is 103 Å². The Hall–Kier alpha value is 1.57. The molecule has 1 unspecified atom stereocenters. The molecule has 0 radical (unpaired) electrons. The molecular formula is C20H25K2O7PS. The van der Waals surface area contributed by atoms with E-state index in [0.717, 1.165) is 5.56 Å². The number of aryl methyl sites for hydroxylation is 1. The maximum absolute atomic E-state index is 11.1. The maximum Gasteiger partial charge on any atom is 1.00 e. The van der Waals surface area contributed by atoms with Gasteiger partial charge < -0.3 is 19.1 Å². The van der Waals surface area contributed by atoms with Crippen molar-refractivity contribution < 1.29 is 135 Å². The van der Waals surface area contributed by atoms with Crippen LogP contribution >= 0.6 is 7.60 Å². The summed E-state index contributed by atoms with van der Waals surface area (Å²) in [6, 6.07) is 14.8. The van der Waals surface area contributed by atoms with Crippen LogP contribution in [0.2, 0.25) is 0 Å². The van der Waals surface area contributed by atoms with Crippen LogP contribution in [-0.2, 0) is 26.5 Å². The minimum Gasteiger partial charge on any atom is -0.810 e. The van der Waals surface area contributed by atoms with E-state index in [-0.39, 0.29) is 115 Å². The predicted molar refractivity (Wildman–Crippen MR) is 108 cm³/mol. The molecule has 160 valence electrons. The van der Waals surface area contributed by atoms with Crippen molar-refractivity contribution in [2.24, 2.45) is 0 Å². The van der Waals surface area contributed by atoms with Crippen molar-refractivity contribution in [3.05, 3.63) is 59.7 Å². The summed E-state index contributed by atoms with van der Waals surface area (Å²) in [7, 11) is -10.4. The van der Waals surface area contributed by atoms with Crippen LogP contribution in [0.25, 0.3) is 0 Å². The zero-order valence-electron chi connectivity index (χ0n) is 18.6. The van der Waals surface area contributed by atoms with Crippen LogP contribution in [-0.4, -0.2) is 18.0 Å². The Kier molecular flexibility index (Phi) is 14.3. The predicted octanol–water partition coefficient (Wildman–Crippen LogP) is -2.77. The van der Waals surface area contributed by atoms with E-state index in [1.54, 1.807) is 24.3 Å². The van der Waals surface area contributed by atoms with E-state index in [9.17, 15) is 22.8 Å². The molecule has 2 aromatic rings. The molecule has 2 rings (SSSR count). The van der Waals surface area contributed by atoms with Crippen LogP contribution in [0.15, 0.2) is 48.5 Å². The van der Waals surface area contributed by atoms with Crippen LogP contribution in [0.1, 0.15) is 44.7 Å². The molecule has 0 saturated carbocycles. The van der Waals surface area contributed by atoms with Gasteiger partial charge in [-0.15, -0.1) is 0 Å². The summed E-state index contributed by atoms with van der Waals surface area (Å²) in [4.78, 5) is 19.8. The zero-order valence-corrected chi connectivity index (χ0v) is 26.5. The minimum absolute atomic E-state index is 0. The Bertz CT molecular complexity index is 983. The average Bonchev–Trinajstić information content (AvgIpc) is 2.56. The fraction of sp³-hybridized carbons (Fsp3) is 0.400. The largest absolute Gasteiger partial charge is 1.00 e. The standard InChI is InChI=1S/C20H27O7PS.2K/c1-20(2,3)16-10-12-17(13-11-16)27-18-8-4-6-15(14-18)7-5-9-19(28(21,22)23)29(24,25)26;;/h4,6,8,10-14,19H,5,7,9H2,1-3H3,(H2,21,22,23)(H,24,25,26);;/q;2*+1/p-2. The topological polar surface area (TPSA) is 127 Å². The van der Waals surface area contributed by atoms with Gasteiger partial charge in [-0.25, -0.2) is 0 Å². The maximum atomic E-state index is 11.1. The Balaban J connectivity index is 0.00000450. The first-order chi connectivity index (χ1) is 13.3. The molecule has 0 heterocycles. The summed E-state index contributed by atoms with van der Waals surface area (Å²) in [5.41, 5.74) is 2.01. The van der Waals surface area contributed by atoms with E-state index >= 15 is 0 Å². The van der Waals surface area contributed by atoms with Crippen molar-refractivity contribution in [3.8, 4) is 11.5 Å². The molecule has 7 nitrogen and oxygen atoms in total. The molecule has 1 N–H and O–H groups in total. The molecule has 2 aromatic carbocycles. The second kappa shape index (κ2) is 13.6. The SMILES string of the molecule is CC(C)(C)c1ccc(Oc2cccc(CCCC(P(=O)([O-])[O-])S(=O)(=O)O)c2)cc1.[K+].[K+]. The van der Waals surface area contributed by atoms with Crippen LogP contribution in [0, 0.1) is 0 Å². The first kappa shape index (κ1) is 32.6. The van der Waals surface area contributed by atoms with E-state index in [1.165, 1.54) is 5.56 Å². The molecule has 0 spiro atoms. The van der Waals surface area contributed by atoms with E-state index < -0.39 is 29.1 Å². The molecule has 0 bridgehead atoms. The molecule has 0 aliphatic rings. The third-order valence-electron chi connectivity index (χ3n) is 4.47. The molecule has 0 aromatic heterocycles. The number of rotatable bonds is 8. The van der Waals surface area contributed by atoms with Gasteiger partial charge in [-0.1, -0.05) is 45.0 Å². The van der Waals surface area contributed by atoms with E-state index in [0.29, 0.717) is 17.9 Å². The molecule has 0 fully saturated rings. The van der Waals surface area contributed by atoms with Crippen molar-refractivity contribution in [2.45, 2.75) is 50.4 Å². The zero-order chi connectivity index (χ0) is 21.9. The van der Waals surface area contributed by atoms with Gasteiger partial charge in [0.05, 0.1) is 0 Å². The van der Waals surface area contributed by atoms with Gasteiger partial charge in [0.1, 0.15) is 16.5 Å². The minimum atomic E-state index is -5.45. The molecule has 31 heavy (non-hydrogen) atoms. The number of ether oxygens (including phenoxy) is 1.